The zero-order chi connectivity index (χ0) is 23.3. The Labute approximate surface area is 187 Å². The molecule has 0 unspecified atom stereocenters. The SMILES string of the molecule is C=CCN(CC(=O)O)C(=O)CC(C)(C)NC(=O)OCC1c2ccccc2-c2ccccc21. The summed E-state index contributed by atoms with van der Waals surface area (Å²) in [5.74, 6) is -1.56. The van der Waals surface area contributed by atoms with Crippen LogP contribution < -0.4 is 5.32 Å². The number of carbonyl (C=O) groups is 3. The average Bonchev–Trinajstić information content (AvgIpc) is 3.05. The summed E-state index contributed by atoms with van der Waals surface area (Å²) < 4.78 is 5.54. The lowest BCUT2D eigenvalue weighted by Gasteiger charge is -2.28. The molecule has 7 heteroatoms. The highest BCUT2D eigenvalue weighted by Gasteiger charge is 2.31. The number of nitrogens with one attached hydrogen (secondary N) is 1. The van der Waals surface area contributed by atoms with E-state index in [0.29, 0.717) is 0 Å². The Morgan fingerprint density at radius 1 is 1.09 bits per heavy atom. The van der Waals surface area contributed by atoms with E-state index < -0.39 is 30.1 Å². The zero-order valence-electron chi connectivity index (χ0n) is 18.3. The number of rotatable bonds is 9. The first kappa shape index (κ1) is 23.1. The monoisotopic (exact) mass is 436 g/mol. The van der Waals surface area contributed by atoms with Crippen molar-refractivity contribution in [3.63, 3.8) is 0 Å². The molecule has 0 aromatic heterocycles. The predicted molar refractivity (Wildman–Crippen MR) is 121 cm³/mol. The minimum atomic E-state index is -1.11. The standard InChI is InChI=1S/C25H28N2O5/c1-4-13-27(15-23(29)30)22(28)14-25(2,3)26-24(31)32-16-21-19-11-7-5-9-17(19)18-10-6-8-12-20(18)21/h4-12,21H,1,13-16H2,2-3H3,(H,26,31)(H,29,30). The van der Waals surface area contributed by atoms with E-state index in [1.165, 1.54) is 11.0 Å². The van der Waals surface area contributed by atoms with Gasteiger partial charge < -0.3 is 20.1 Å². The molecule has 0 saturated carbocycles. The number of nitrogens with zero attached hydrogens (tertiary/aromatic N) is 1. The molecule has 168 valence electrons. The number of hydrogen-bond acceptors (Lipinski definition) is 4. The van der Waals surface area contributed by atoms with Crippen LogP contribution in [0.2, 0.25) is 0 Å². The minimum Gasteiger partial charge on any atom is -0.480 e. The third-order valence-corrected chi connectivity index (χ3v) is 5.41. The molecule has 7 nitrogen and oxygen atoms in total. The highest BCUT2D eigenvalue weighted by atomic mass is 16.5. The summed E-state index contributed by atoms with van der Waals surface area (Å²) in [5, 5.41) is 11.7. The van der Waals surface area contributed by atoms with Crippen LogP contribution in [0.15, 0.2) is 61.2 Å². The molecule has 0 atom stereocenters. The van der Waals surface area contributed by atoms with E-state index in [0.717, 1.165) is 22.3 Å². The van der Waals surface area contributed by atoms with Crippen molar-refractivity contribution in [2.75, 3.05) is 19.7 Å². The van der Waals surface area contributed by atoms with Crippen LogP contribution in [0.3, 0.4) is 0 Å². The first-order valence-corrected chi connectivity index (χ1v) is 10.5. The summed E-state index contributed by atoms with van der Waals surface area (Å²) in [7, 11) is 0. The molecular formula is C25H28N2O5. The number of carboxylic acids is 1. The van der Waals surface area contributed by atoms with Crippen LogP contribution in [0.5, 0.6) is 0 Å². The van der Waals surface area contributed by atoms with E-state index in [2.05, 4.69) is 24.0 Å². The van der Waals surface area contributed by atoms with Gasteiger partial charge in [0.15, 0.2) is 0 Å². The lowest BCUT2D eigenvalue weighted by atomic mass is 9.98. The number of aliphatic carboxylic acids is 1. The number of amides is 2. The van der Waals surface area contributed by atoms with Gasteiger partial charge in [0.1, 0.15) is 13.2 Å². The van der Waals surface area contributed by atoms with Crippen LogP contribution in [0, 0.1) is 0 Å². The topological polar surface area (TPSA) is 95.9 Å². The average molecular weight is 437 g/mol. The van der Waals surface area contributed by atoms with Crippen molar-refractivity contribution in [1.82, 2.24) is 10.2 Å². The summed E-state index contributed by atoms with van der Waals surface area (Å²) in [6.07, 6.45) is 0.767. The van der Waals surface area contributed by atoms with E-state index in [4.69, 9.17) is 9.84 Å². The van der Waals surface area contributed by atoms with Gasteiger partial charge >= 0.3 is 12.1 Å². The molecule has 2 N–H and O–H groups in total. The molecule has 0 spiro atoms. The number of alkyl carbamates (subject to hydrolysis) is 1. The van der Waals surface area contributed by atoms with Gasteiger partial charge in [-0.25, -0.2) is 4.79 Å². The highest BCUT2D eigenvalue weighted by molar-refractivity contribution is 5.83. The van der Waals surface area contributed by atoms with Gasteiger partial charge in [0.25, 0.3) is 0 Å². The van der Waals surface area contributed by atoms with Gasteiger partial charge in [-0.15, -0.1) is 6.58 Å². The minimum absolute atomic E-state index is 0.0588. The third kappa shape index (κ3) is 5.35. The van der Waals surface area contributed by atoms with Crippen LogP contribution in [0.1, 0.15) is 37.3 Å². The molecular weight excluding hydrogens is 408 g/mol. The Balaban J connectivity index is 1.61. The molecule has 2 aromatic rings. The van der Waals surface area contributed by atoms with Crippen LogP contribution in [-0.2, 0) is 14.3 Å². The second-order valence-electron chi connectivity index (χ2n) is 8.47. The summed E-state index contributed by atoms with van der Waals surface area (Å²) >= 11 is 0. The molecule has 0 aliphatic heterocycles. The molecule has 0 heterocycles. The molecule has 0 fully saturated rings. The third-order valence-electron chi connectivity index (χ3n) is 5.41. The molecule has 1 aliphatic carbocycles. The van der Waals surface area contributed by atoms with Gasteiger partial charge in [-0.1, -0.05) is 54.6 Å². The predicted octanol–water partition coefficient (Wildman–Crippen LogP) is 3.79. The van der Waals surface area contributed by atoms with Crippen molar-refractivity contribution in [3.8, 4) is 11.1 Å². The number of carbonyl (C=O) groups excluding carboxylic acids is 2. The second kappa shape index (κ2) is 9.68. The van der Waals surface area contributed by atoms with Crippen molar-refractivity contribution in [2.24, 2.45) is 0 Å². The van der Waals surface area contributed by atoms with Crippen molar-refractivity contribution < 1.29 is 24.2 Å². The van der Waals surface area contributed by atoms with Crippen LogP contribution in [0.25, 0.3) is 11.1 Å². The van der Waals surface area contributed by atoms with Gasteiger partial charge in [0, 0.05) is 24.4 Å². The maximum atomic E-state index is 12.5. The number of hydrogen-bond donors (Lipinski definition) is 2. The van der Waals surface area contributed by atoms with Crippen LogP contribution in [0.4, 0.5) is 4.79 Å². The normalized spacial score (nSPS) is 12.4. The molecule has 1 aliphatic rings. The Morgan fingerprint density at radius 3 is 2.19 bits per heavy atom. The van der Waals surface area contributed by atoms with E-state index in [1.807, 2.05) is 36.4 Å². The molecule has 2 amide bonds. The van der Waals surface area contributed by atoms with E-state index >= 15 is 0 Å². The summed E-state index contributed by atoms with van der Waals surface area (Å²) in [5.41, 5.74) is 3.60. The molecule has 2 aromatic carbocycles. The Hall–Kier alpha value is -3.61. The number of fused-ring (bicyclic) bond motifs is 3. The van der Waals surface area contributed by atoms with E-state index in [9.17, 15) is 14.4 Å². The summed E-state index contributed by atoms with van der Waals surface area (Å²) in [6, 6.07) is 16.1. The van der Waals surface area contributed by atoms with E-state index in [-0.39, 0.29) is 25.5 Å². The van der Waals surface area contributed by atoms with Crippen molar-refractivity contribution in [1.29, 1.82) is 0 Å². The maximum absolute atomic E-state index is 12.5. The second-order valence-corrected chi connectivity index (χ2v) is 8.47. The fraction of sp³-hybridized carbons (Fsp3) is 0.320. The lowest BCUT2D eigenvalue weighted by Crippen LogP contribution is -2.48. The fourth-order valence-corrected chi connectivity index (χ4v) is 4.02. The van der Waals surface area contributed by atoms with Gasteiger partial charge in [-0.3, -0.25) is 9.59 Å². The van der Waals surface area contributed by atoms with E-state index in [1.54, 1.807) is 13.8 Å². The number of benzene rings is 2. The first-order valence-electron chi connectivity index (χ1n) is 10.5. The molecule has 0 radical (unpaired) electrons. The Kier molecular flexibility index (Phi) is 6.98. The molecule has 0 bridgehead atoms. The lowest BCUT2D eigenvalue weighted by molar-refractivity contribution is -0.144. The maximum Gasteiger partial charge on any atom is 0.407 e. The first-order chi connectivity index (χ1) is 15.2. The van der Waals surface area contributed by atoms with Crippen molar-refractivity contribution in [3.05, 3.63) is 72.3 Å². The van der Waals surface area contributed by atoms with Gasteiger partial charge in [0.2, 0.25) is 5.91 Å². The van der Waals surface area contributed by atoms with Crippen molar-refractivity contribution in [2.45, 2.75) is 31.7 Å². The highest BCUT2D eigenvalue weighted by Crippen LogP contribution is 2.44. The number of carboxylic acid groups (broad SMARTS) is 1. The molecule has 3 rings (SSSR count). The van der Waals surface area contributed by atoms with Gasteiger partial charge in [-0.2, -0.15) is 0 Å². The molecule has 0 saturated heterocycles. The van der Waals surface area contributed by atoms with Crippen molar-refractivity contribution >= 4 is 18.0 Å². The summed E-state index contributed by atoms with van der Waals surface area (Å²) in [6.45, 7) is 6.80. The quantitative estimate of drug-likeness (QED) is 0.583. The number of ether oxygens (including phenoxy) is 1. The molecule has 32 heavy (non-hydrogen) atoms. The van der Waals surface area contributed by atoms with Gasteiger partial charge in [-0.05, 0) is 36.1 Å². The Morgan fingerprint density at radius 2 is 1.66 bits per heavy atom. The smallest absolute Gasteiger partial charge is 0.407 e. The Bertz CT molecular complexity index is 985. The van der Waals surface area contributed by atoms with Crippen LogP contribution in [-0.4, -0.2) is 53.2 Å². The van der Waals surface area contributed by atoms with Gasteiger partial charge in [0.05, 0.1) is 0 Å². The fourth-order valence-electron chi connectivity index (χ4n) is 4.02. The summed E-state index contributed by atoms with van der Waals surface area (Å²) in [4.78, 5) is 37.2. The largest absolute Gasteiger partial charge is 0.480 e. The zero-order valence-corrected chi connectivity index (χ0v) is 18.3. The van der Waals surface area contributed by atoms with Crippen LogP contribution >= 0.6 is 0 Å².